The van der Waals surface area contributed by atoms with Gasteiger partial charge in [0.05, 0.1) is 12.0 Å². The van der Waals surface area contributed by atoms with Gasteiger partial charge in [-0.25, -0.2) is 9.67 Å². The Bertz CT molecular complexity index is 1650. The summed E-state index contributed by atoms with van der Waals surface area (Å²) in [6.45, 7) is 0.00953. The number of hydrogen-bond donors (Lipinski definition) is 2. The molecule has 0 aliphatic rings. The van der Waals surface area contributed by atoms with E-state index in [2.05, 4.69) is 31.3 Å². The molecule has 0 aliphatic heterocycles. The van der Waals surface area contributed by atoms with Crippen LogP contribution in [0.1, 0.15) is 25.9 Å². The summed E-state index contributed by atoms with van der Waals surface area (Å²) in [5.74, 6) is -1.00. The van der Waals surface area contributed by atoms with E-state index in [4.69, 9.17) is 14.9 Å². The number of carbonyl (C=O) groups excluding carboxylic acids is 2. The van der Waals surface area contributed by atoms with Crippen LogP contribution in [0, 0.1) is 0 Å². The molecule has 0 saturated carbocycles. The number of amides is 2. The fourth-order valence-electron chi connectivity index (χ4n) is 3.57. The first-order valence-corrected chi connectivity index (χ1v) is 12.3. The van der Waals surface area contributed by atoms with Gasteiger partial charge in [-0.05, 0) is 48.5 Å². The molecule has 194 valence electrons. The monoisotopic (exact) mass is 605 g/mol. The lowest BCUT2D eigenvalue weighted by atomic mass is 10.1. The minimum Gasteiger partial charge on any atom is -0.471 e. The van der Waals surface area contributed by atoms with E-state index in [0.29, 0.717) is 17.1 Å². The van der Waals surface area contributed by atoms with Crippen molar-refractivity contribution in [1.82, 2.24) is 14.8 Å². The highest BCUT2D eigenvalue weighted by Crippen LogP contribution is 2.43. The second-order valence-corrected chi connectivity index (χ2v) is 9.72. The largest absolute Gasteiger partial charge is 0.471 e. The molecule has 2 amide bonds. The molecule has 0 saturated heterocycles. The molecule has 0 aliphatic carbocycles. The number of alkyl halides is 3. The van der Waals surface area contributed by atoms with Crippen LogP contribution in [0.5, 0.6) is 5.75 Å². The van der Waals surface area contributed by atoms with E-state index in [9.17, 15) is 22.8 Å². The van der Waals surface area contributed by atoms with Crippen molar-refractivity contribution < 1.29 is 31.9 Å². The van der Waals surface area contributed by atoms with E-state index in [1.807, 2.05) is 12.1 Å². The Hall–Kier alpha value is -4.17. The van der Waals surface area contributed by atoms with Crippen LogP contribution in [-0.2, 0) is 12.9 Å². The number of fused-ring (bicyclic) bond motifs is 1. The first kappa shape index (κ1) is 25.5. The molecule has 1 aromatic carbocycles. The Morgan fingerprint density at radius 2 is 1.95 bits per heavy atom. The van der Waals surface area contributed by atoms with Crippen LogP contribution in [0.4, 0.5) is 18.9 Å². The number of nitrogens with zero attached hydrogens (tertiary/aromatic N) is 3. The van der Waals surface area contributed by atoms with Gasteiger partial charge in [-0.3, -0.25) is 9.59 Å². The molecule has 0 fully saturated rings. The number of primary amides is 1. The Kier molecular flexibility index (Phi) is 6.67. The first-order chi connectivity index (χ1) is 18.1. The smallest absolute Gasteiger partial charge is 0.433 e. The molecule has 3 N–H and O–H groups in total. The molecule has 38 heavy (non-hydrogen) atoms. The minimum absolute atomic E-state index is 0.00953. The fraction of sp³-hybridized carbons (Fsp3) is 0.0833. The van der Waals surface area contributed by atoms with Gasteiger partial charge < -0.3 is 20.2 Å². The zero-order valence-electron chi connectivity index (χ0n) is 19.0. The third kappa shape index (κ3) is 5.13. The Balaban J connectivity index is 1.49. The average molecular weight is 606 g/mol. The van der Waals surface area contributed by atoms with Gasteiger partial charge in [0.1, 0.15) is 26.9 Å². The number of nitrogens with one attached hydrogen (secondary N) is 1. The summed E-state index contributed by atoms with van der Waals surface area (Å²) in [4.78, 5) is 28.6. The molecule has 4 aromatic heterocycles. The maximum atomic E-state index is 13.6. The predicted molar refractivity (Wildman–Crippen MR) is 136 cm³/mol. The van der Waals surface area contributed by atoms with Crippen molar-refractivity contribution in [3.63, 3.8) is 0 Å². The zero-order valence-corrected chi connectivity index (χ0v) is 21.4. The maximum absolute atomic E-state index is 13.6. The van der Waals surface area contributed by atoms with Crippen LogP contribution in [0.2, 0.25) is 0 Å². The normalized spacial score (nSPS) is 11.6. The van der Waals surface area contributed by atoms with Crippen molar-refractivity contribution in [2.75, 3.05) is 5.32 Å². The number of carbonyl (C=O) groups is 2. The van der Waals surface area contributed by atoms with Crippen LogP contribution in [0.25, 0.3) is 21.5 Å². The summed E-state index contributed by atoms with van der Waals surface area (Å²) in [7, 11) is 0. The highest BCUT2D eigenvalue weighted by Gasteiger charge is 2.35. The van der Waals surface area contributed by atoms with Gasteiger partial charge >= 0.3 is 6.18 Å². The summed E-state index contributed by atoms with van der Waals surface area (Å²) < 4.78 is 53.9. The summed E-state index contributed by atoms with van der Waals surface area (Å²) in [5.41, 5.74) is 4.19. The van der Waals surface area contributed by atoms with Crippen LogP contribution in [0.15, 0.2) is 69.9 Å². The lowest BCUT2D eigenvalue weighted by molar-refractivity contribution is -0.140. The van der Waals surface area contributed by atoms with E-state index in [1.165, 1.54) is 35.3 Å². The number of hydrogen-bond acceptors (Lipinski definition) is 7. The molecular formula is C24H15BrF3N5O4S. The van der Waals surface area contributed by atoms with Crippen LogP contribution in [0.3, 0.4) is 0 Å². The molecule has 0 radical (unpaired) electrons. The van der Waals surface area contributed by atoms with Gasteiger partial charge in [0.15, 0.2) is 12.4 Å². The molecule has 4 heterocycles. The molecule has 0 atom stereocenters. The Morgan fingerprint density at radius 3 is 2.61 bits per heavy atom. The molecular weight excluding hydrogens is 591 g/mol. The Morgan fingerprint density at radius 1 is 1.18 bits per heavy atom. The van der Waals surface area contributed by atoms with Crippen LogP contribution in [-0.4, -0.2) is 26.6 Å². The third-order valence-corrected chi connectivity index (χ3v) is 6.88. The standard InChI is InChI=1S/C24H15BrF3N5O4S/c25-12-3-5-13(6-4-12)37-11-33-8-7-15(32-33)22(35)31-19-18-14(16-2-1-9-36-16)10-17(24(26,27)28)30-23(18)38-20(19)21(29)34/h1-10H,11H2,(H2,29,34)(H,31,35). The highest BCUT2D eigenvalue weighted by molar-refractivity contribution is 9.10. The number of pyridine rings is 1. The van der Waals surface area contributed by atoms with Gasteiger partial charge in [-0.1, -0.05) is 15.9 Å². The van der Waals surface area contributed by atoms with Gasteiger partial charge in [0.2, 0.25) is 0 Å². The SMILES string of the molecule is NC(=O)c1sc2nc(C(F)(F)F)cc(-c3ccco3)c2c1NC(=O)c1ccn(COc2ccc(Br)cc2)n1. The van der Waals surface area contributed by atoms with Crippen molar-refractivity contribution in [2.45, 2.75) is 12.9 Å². The van der Waals surface area contributed by atoms with Gasteiger partial charge in [0.25, 0.3) is 11.8 Å². The summed E-state index contributed by atoms with van der Waals surface area (Å²) >= 11 is 3.97. The molecule has 14 heteroatoms. The van der Waals surface area contributed by atoms with Crippen LogP contribution >= 0.6 is 27.3 Å². The third-order valence-electron chi connectivity index (χ3n) is 5.25. The number of thiophene rings is 1. The minimum atomic E-state index is -4.76. The number of furan rings is 1. The summed E-state index contributed by atoms with van der Waals surface area (Å²) in [6, 6.07) is 12.3. The van der Waals surface area contributed by atoms with E-state index in [-0.39, 0.29) is 44.5 Å². The molecule has 5 rings (SSSR count). The van der Waals surface area contributed by atoms with E-state index in [0.717, 1.165) is 10.5 Å². The van der Waals surface area contributed by atoms with Gasteiger partial charge in [0, 0.05) is 21.6 Å². The number of rotatable bonds is 7. The average Bonchev–Trinajstić information content (AvgIpc) is 3.63. The van der Waals surface area contributed by atoms with Crippen molar-refractivity contribution in [3.05, 3.63) is 81.7 Å². The van der Waals surface area contributed by atoms with Crippen molar-refractivity contribution in [2.24, 2.45) is 5.73 Å². The number of ether oxygens (including phenoxy) is 1. The van der Waals surface area contributed by atoms with E-state index in [1.54, 1.807) is 12.1 Å². The van der Waals surface area contributed by atoms with Crippen molar-refractivity contribution >= 4 is 55.0 Å². The van der Waals surface area contributed by atoms with Gasteiger partial charge in [-0.2, -0.15) is 18.3 Å². The number of anilines is 1. The second-order valence-electron chi connectivity index (χ2n) is 7.80. The number of halogens is 4. The zero-order chi connectivity index (χ0) is 27.0. The second kappa shape index (κ2) is 9.95. The first-order valence-electron chi connectivity index (χ1n) is 10.7. The van der Waals surface area contributed by atoms with Crippen LogP contribution < -0.4 is 15.8 Å². The Labute approximate surface area is 224 Å². The topological polar surface area (TPSA) is 125 Å². The molecule has 0 unspecified atom stereocenters. The molecule has 0 spiro atoms. The van der Waals surface area contributed by atoms with E-state index < -0.39 is 23.7 Å². The molecule has 9 nitrogen and oxygen atoms in total. The van der Waals surface area contributed by atoms with Gasteiger partial charge in [-0.15, -0.1) is 11.3 Å². The number of benzene rings is 1. The van der Waals surface area contributed by atoms with Crippen molar-refractivity contribution in [1.29, 1.82) is 0 Å². The quantitative estimate of drug-likeness (QED) is 0.237. The predicted octanol–water partition coefficient (Wildman–Crippen LogP) is 5.92. The fourth-order valence-corrected chi connectivity index (χ4v) is 4.84. The van der Waals surface area contributed by atoms with Crippen molar-refractivity contribution in [3.8, 4) is 17.1 Å². The van der Waals surface area contributed by atoms with E-state index >= 15 is 0 Å². The summed E-state index contributed by atoms with van der Waals surface area (Å²) in [5, 5.41) is 6.82. The lowest BCUT2D eigenvalue weighted by Gasteiger charge is -2.10. The number of nitrogens with two attached hydrogens (primary N) is 1. The summed E-state index contributed by atoms with van der Waals surface area (Å²) in [6.07, 6.45) is -1.96. The molecule has 5 aromatic rings. The molecule has 0 bridgehead atoms. The number of aromatic nitrogens is 3. The maximum Gasteiger partial charge on any atom is 0.433 e. The highest BCUT2D eigenvalue weighted by atomic mass is 79.9. The lowest BCUT2D eigenvalue weighted by Crippen LogP contribution is -2.18.